The largest absolute Gasteiger partial charge is 0.394 e. The van der Waals surface area contributed by atoms with Crippen LogP contribution in [0.5, 0.6) is 0 Å². The van der Waals surface area contributed by atoms with Crippen molar-refractivity contribution in [2.24, 2.45) is 0 Å². The fourth-order valence-electron chi connectivity index (χ4n) is 2.85. The molecule has 0 radical (unpaired) electrons. The van der Waals surface area contributed by atoms with Gasteiger partial charge in [-0.2, -0.15) is 0 Å². The van der Waals surface area contributed by atoms with Gasteiger partial charge in [0.1, 0.15) is 5.82 Å². The first-order valence-corrected chi connectivity index (χ1v) is 6.98. The highest BCUT2D eigenvalue weighted by atomic mass is 16.5. The average molecular weight is 280 g/mol. The van der Waals surface area contributed by atoms with Crippen LogP contribution in [-0.2, 0) is 11.3 Å². The number of rotatable bonds is 3. The highest BCUT2D eigenvalue weighted by molar-refractivity contribution is 5.52. The number of pyridine rings is 1. The van der Waals surface area contributed by atoms with Gasteiger partial charge < -0.3 is 19.8 Å². The van der Waals surface area contributed by atoms with Crippen LogP contribution in [0.25, 0.3) is 0 Å². The minimum atomic E-state index is -0.350. The molecule has 5 nitrogen and oxygen atoms in total. The molecule has 1 saturated heterocycles. The first kappa shape index (κ1) is 15.2. The van der Waals surface area contributed by atoms with E-state index in [0.29, 0.717) is 13.1 Å². The molecule has 20 heavy (non-hydrogen) atoms. The molecule has 0 aliphatic carbocycles. The Balaban J connectivity index is 2.39. The lowest BCUT2D eigenvalue weighted by atomic mass is 10.0. The van der Waals surface area contributed by atoms with E-state index in [9.17, 15) is 10.2 Å². The Morgan fingerprint density at radius 3 is 2.70 bits per heavy atom. The Morgan fingerprint density at radius 1 is 1.40 bits per heavy atom. The Hall–Kier alpha value is -1.17. The molecule has 0 amide bonds. The highest BCUT2D eigenvalue weighted by Gasteiger charge is 2.34. The number of aromatic nitrogens is 1. The molecule has 1 aromatic rings. The molecule has 0 aromatic carbocycles. The molecule has 2 rings (SSSR count). The topological polar surface area (TPSA) is 65.8 Å². The van der Waals surface area contributed by atoms with Crippen molar-refractivity contribution < 1.29 is 14.9 Å². The quantitative estimate of drug-likeness (QED) is 0.870. The number of hydrogen-bond donors (Lipinski definition) is 2. The van der Waals surface area contributed by atoms with Crippen molar-refractivity contribution in [3.8, 4) is 0 Å². The molecule has 1 aromatic heterocycles. The Morgan fingerprint density at radius 2 is 2.10 bits per heavy atom. The van der Waals surface area contributed by atoms with Crippen molar-refractivity contribution in [3.63, 3.8) is 0 Å². The summed E-state index contributed by atoms with van der Waals surface area (Å²) in [7, 11) is 0. The summed E-state index contributed by atoms with van der Waals surface area (Å²) in [6.45, 7) is 9.17. The van der Waals surface area contributed by atoms with Crippen LogP contribution in [0, 0.1) is 13.8 Å². The lowest BCUT2D eigenvalue weighted by Crippen LogP contribution is -2.54. The number of nitrogens with zero attached hydrogens (tertiary/aromatic N) is 2. The van der Waals surface area contributed by atoms with E-state index in [-0.39, 0.29) is 24.9 Å². The van der Waals surface area contributed by atoms with E-state index in [4.69, 9.17) is 4.74 Å². The summed E-state index contributed by atoms with van der Waals surface area (Å²) in [5.74, 6) is 0.805. The zero-order valence-electron chi connectivity index (χ0n) is 12.7. The summed E-state index contributed by atoms with van der Waals surface area (Å²) in [6.07, 6.45) is -0.229. The van der Waals surface area contributed by atoms with Crippen molar-refractivity contribution in [1.29, 1.82) is 0 Å². The van der Waals surface area contributed by atoms with Gasteiger partial charge in [-0.3, -0.25) is 0 Å². The standard InChI is InChI=1S/C15H24N2O3/c1-10-5-11(2)16-14(13(10)8-19)17-6-12(7-18)20-15(3,4)9-17/h5,12,18-19H,6-9H2,1-4H3. The van der Waals surface area contributed by atoms with Gasteiger partial charge in [-0.05, 0) is 39.3 Å². The van der Waals surface area contributed by atoms with E-state index in [0.717, 1.165) is 22.6 Å². The molecular formula is C15H24N2O3. The molecule has 0 bridgehead atoms. The van der Waals surface area contributed by atoms with Crippen molar-refractivity contribution in [3.05, 3.63) is 22.9 Å². The Labute approximate surface area is 120 Å². The molecular weight excluding hydrogens is 256 g/mol. The monoisotopic (exact) mass is 280 g/mol. The molecule has 1 aliphatic heterocycles. The molecule has 2 heterocycles. The molecule has 5 heteroatoms. The third-order valence-corrected chi connectivity index (χ3v) is 3.60. The second kappa shape index (κ2) is 5.68. The minimum absolute atomic E-state index is 0.0147. The van der Waals surface area contributed by atoms with Crippen LogP contribution in [0.1, 0.15) is 30.7 Å². The minimum Gasteiger partial charge on any atom is -0.394 e. The second-order valence-corrected chi connectivity index (χ2v) is 6.10. The highest BCUT2D eigenvalue weighted by Crippen LogP contribution is 2.29. The van der Waals surface area contributed by atoms with Crippen LogP contribution in [0.2, 0.25) is 0 Å². The van der Waals surface area contributed by atoms with E-state index in [1.165, 1.54) is 0 Å². The zero-order valence-corrected chi connectivity index (χ0v) is 12.7. The number of aliphatic hydroxyl groups excluding tert-OH is 2. The van der Waals surface area contributed by atoms with E-state index < -0.39 is 0 Å². The fourth-order valence-corrected chi connectivity index (χ4v) is 2.85. The lowest BCUT2D eigenvalue weighted by molar-refractivity contribution is -0.101. The van der Waals surface area contributed by atoms with Crippen molar-refractivity contribution in [2.75, 3.05) is 24.6 Å². The van der Waals surface area contributed by atoms with Gasteiger partial charge in [0.05, 0.1) is 24.9 Å². The van der Waals surface area contributed by atoms with Gasteiger partial charge in [0, 0.05) is 24.3 Å². The maximum absolute atomic E-state index is 9.63. The first-order valence-electron chi connectivity index (χ1n) is 6.98. The summed E-state index contributed by atoms with van der Waals surface area (Å²) in [5.41, 5.74) is 2.47. The number of aliphatic hydroxyl groups is 2. The van der Waals surface area contributed by atoms with Crippen LogP contribution in [0.15, 0.2) is 6.07 Å². The molecule has 1 aliphatic rings. The summed E-state index contributed by atoms with van der Waals surface area (Å²) in [4.78, 5) is 6.70. The van der Waals surface area contributed by atoms with Crippen LogP contribution >= 0.6 is 0 Å². The number of ether oxygens (including phenoxy) is 1. The predicted octanol–water partition coefficient (Wildman–Crippen LogP) is 1.17. The normalized spacial score (nSPS) is 22.1. The zero-order chi connectivity index (χ0) is 14.9. The van der Waals surface area contributed by atoms with Gasteiger partial charge in [-0.25, -0.2) is 4.98 Å². The molecule has 0 spiro atoms. The summed E-state index contributed by atoms with van der Waals surface area (Å²) in [5, 5.41) is 19.0. The predicted molar refractivity (Wildman–Crippen MR) is 77.9 cm³/mol. The molecule has 1 fully saturated rings. The average Bonchev–Trinajstić information content (AvgIpc) is 2.36. The summed E-state index contributed by atoms with van der Waals surface area (Å²) < 4.78 is 5.83. The molecule has 1 atom stereocenters. The van der Waals surface area contributed by atoms with E-state index in [1.807, 2.05) is 33.8 Å². The van der Waals surface area contributed by atoms with Crippen LogP contribution in [0.4, 0.5) is 5.82 Å². The van der Waals surface area contributed by atoms with Crippen LogP contribution in [-0.4, -0.2) is 46.6 Å². The third kappa shape index (κ3) is 3.11. The summed E-state index contributed by atoms with van der Waals surface area (Å²) in [6, 6.07) is 1.98. The van der Waals surface area contributed by atoms with Gasteiger partial charge in [-0.15, -0.1) is 0 Å². The van der Waals surface area contributed by atoms with Crippen LogP contribution < -0.4 is 4.90 Å². The fraction of sp³-hybridized carbons (Fsp3) is 0.667. The van der Waals surface area contributed by atoms with Crippen molar-refractivity contribution >= 4 is 5.82 Å². The molecule has 1 unspecified atom stereocenters. The van der Waals surface area contributed by atoms with Gasteiger partial charge in [0.25, 0.3) is 0 Å². The molecule has 112 valence electrons. The lowest BCUT2D eigenvalue weighted by Gasteiger charge is -2.43. The SMILES string of the molecule is Cc1cc(C)c(CO)c(N2CC(CO)OC(C)(C)C2)n1. The maximum atomic E-state index is 9.63. The van der Waals surface area contributed by atoms with Crippen molar-refractivity contribution in [2.45, 2.75) is 46.0 Å². The van der Waals surface area contributed by atoms with E-state index in [1.54, 1.807) is 0 Å². The van der Waals surface area contributed by atoms with Crippen molar-refractivity contribution in [1.82, 2.24) is 4.98 Å². The van der Waals surface area contributed by atoms with Gasteiger partial charge in [-0.1, -0.05) is 0 Å². The van der Waals surface area contributed by atoms with E-state index in [2.05, 4.69) is 9.88 Å². The second-order valence-electron chi connectivity index (χ2n) is 6.10. The molecule has 2 N–H and O–H groups in total. The van der Waals surface area contributed by atoms with Gasteiger partial charge >= 0.3 is 0 Å². The number of anilines is 1. The Bertz CT molecular complexity index is 488. The number of morpholine rings is 1. The third-order valence-electron chi connectivity index (χ3n) is 3.60. The van der Waals surface area contributed by atoms with Gasteiger partial charge in [0.2, 0.25) is 0 Å². The number of aryl methyl sites for hydroxylation is 2. The van der Waals surface area contributed by atoms with Gasteiger partial charge in [0.15, 0.2) is 0 Å². The van der Waals surface area contributed by atoms with Crippen LogP contribution in [0.3, 0.4) is 0 Å². The molecule has 0 saturated carbocycles. The maximum Gasteiger partial charge on any atom is 0.134 e. The summed E-state index contributed by atoms with van der Waals surface area (Å²) >= 11 is 0. The first-order chi connectivity index (χ1) is 9.36. The Kier molecular flexibility index (Phi) is 4.32. The van der Waals surface area contributed by atoms with E-state index >= 15 is 0 Å². The smallest absolute Gasteiger partial charge is 0.134 e. The number of hydrogen-bond acceptors (Lipinski definition) is 5.